The zero-order chi connectivity index (χ0) is 10.3. The minimum atomic E-state index is 0.0840. The summed E-state index contributed by atoms with van der Waals surface area (Å²) in [6.45, 7) is 6.02. The Morgan fingerprint density at radius 3 is 2.86 bits per heavy atom. The maximum atomic E-state index is 11.5. The van der Waals surface area contributed by atoms with E-state index in [2.05, 4.69) is 24.7 Å². The minimum absolute atomic E-state index is 0.0840. The third-order valence-electron chi connectivity index (χ3n) is 3.64. The Morgan fingerprint density at radius 1 is 1.57 bits per heavy atom. The van der Waals surface area contributed by atoms with Gasteiger partial charge in [-0.15, -0.1) is 0 Å². The molecule has 2 saturated carbocycles. The van der Waals surface area contributed by atoms with Gasteiger partial charge in [-0.1, -0.05) is 18.2 Å². The van der Waals surface area contributed by atoms with Crippen LogP contribution in [0.3, 0.4) is 0 Å². The van der Waals surface area contributed by atoms with Crippen LogP contribution < -0.4 is 0 Å². The average molecular weight is 191 g/mol. The highest BCUT2D eigenvalue weighted by Crippen LogP contribution is 2.53. The molecule has 2 rings (SSSR count). The molecule has 0 amide bonds. The molecule has 2 heteroatoms. The maximum absolute atomic E-state index is 11.5. The summed E-state index contributed by atoms with van der Waals surface area (Å²) >= 11 is 0. The molecule has 0 unspecified atom stereocenters. The van der Waals surface area contributed by atoms with Crippen LogP contribution in [0.25, 0.3) is 0 Å². The van der Waals surface area contributed by atoms with Gasteiger partial charge in [0.2, 0.25) is 0 Å². The van der Waals surface area contributed by atoms with E-state index in [-0.39, 0.29) is 11.5 Å². The molecule has 0 aromatic heterocycles. The topological polar surface area (TPSA) is 20.3 Å². The van der Waals surface area contributed by atoms with Crippen LogP contribution in [0, 0.1) is 5.92 Å². The van der Waals surface area contributed by atoms with Gasteiger partial charge in [0.25, 0.3) is 0 Å². The van der Waals surface area contributed by atoms with Gasteiger partial charge in [0.15, 0.2) is 0 Å². The van der Waals surface area contributed by atoms with Crippen LogP contribution in [0.15, 0.2) is 24.4 Å². The second-order valence-electron chi connectivity index (χ2n) is 4.52. The molecule has 0 radical (unpaired) electrons. The van der Waals surface area contributed by atoms with Crippen LogP contribution in [-0.4, -0.2) is 23.3 Å². The predicted molar refractivity (Wildman–Crippen MR) is 56.8 cm³/mol. The van der Waals surface area contributed by atoms with Crippen LogP contribution in [0.5, 0.6) is 0 Å². The Hall–Kier alpha value is -1.05. The molecule has 0 aliphatic heterocycles. The third-order valence-corrected chi connectivity index (χ3v) is 3.64. The second-order valence-corrected chi connectivity index (χ2v) is 4.52. The molecular weight excluding hydrogens is 174 g/mol. The zero-order valence-corrected chi connectivity index (χ0v) is 8.92. The smallest absolute Gasteiger partial charge is 0.141 e. The normalized spacial score (nSPS) is 36.0. The van der Waals surface area contributed by atoms with E-state index in [9.17, 15) is 4.79 Å². The molecule has 2 aliphatic carbocycles. The summed E-state index contributed by atoms with van der Waals surface area (Å²) in [5, 5.41) is 0. The number of hydrogen-bond donors (Lipinski definition) is 0. The highest BCUT2D eigenvalue weighted by molar-refractivity contribution is 5.92. The molecule has 76 valence electrons. The first-order valence-corrected chi connectivity index (χ1v) is 5.15. The largest absolute Gasteiger partial charge is 0.374 e. The van der Waals surface area contributed by atoms with Gasteiger partial charge in [0, 0.05) is 19.4 Å². The van der Waals surface area contributed by atoms with Gasteiger partial charge in [0.1, 0.15) is 5.78 Å². The van der Waals surface area contributed by atoms with Crippen molar-refractivity contribution in [3.63, 3.8) is 0 Å². The number of nitrogens with zero attached hydrogens (tertiary/aromatic N) is 1. The number of ketones is 1. The van der Waals surface area contributed by atoms with Crippen molar-refractivity contribution in [2.75, 3.05) is 7.05 Å². The Balaban J connectivity index is 2.24. The van der Waals surface area contributed by atoms with Crippen molar-refractivity contribution in [3.05, 3.63) is 24.4 Å². The summed E-state index contributed by atoms with van der Waals surface area (Å²) in [7, 11) is 2.07. The summed E-state index contributed by atoms with van der Waals surface area (Å²) in [6.07, 6.45) is 6.69. The van der Waals surface area contributed by atoms with Gasteiger partial charge in [-0.05, 0) is 26.0 Å². The van der Waals surface area contributed by atoms with Crippen LogP contribution >= 0.6 is 0 Å². The first kappa shape index (κ1) is 9.50. The fraction of sp³-hybridized carbons (Fsp3) is 0.583. The van der Waals surface area contributed by atoms with Crippen LogP contribution in [0.2, 0.25) is 0 Å². The first-order chi connectivity index (χ1) is 6.60. The zero-order valence-electron chi connectivity index (χ0n) is 8.92. The Kier molecular flexibility index (Phi) is 2.02. The van der Waals surface area contributed by atoms with Crippen molar-refractivity contribution in [3.8, 4) is 0 Å². The van der Waals surface area contributed by atoms with E-state index in [1.807, 2.05) is 13.0 Å². The molecular formula is C12H17NO. The second kappa shape index (κ2) is 2.97. The van der Waals surface area contributed by atoms with Gasteiger partial charge in [-0.25, -0.2) is 0 Å². The van der Waals surface area contributed by atoms with Crippen LogP contribution in [0.4, 0.5) is 0 Å². The van der Waals surface area contributed by atoms with E-state index in [4.69, 9.17) is 0 Å². The van der Waals surface area contributed by atoms with Gasteiger partial charge >= 0.3 is 0 Å². The third kappa shape index (κ3) is 1.06. The van der Waals surface area contributed by atoms with Gasteiger partial charge in [0.05, 0.1) is 5.54 Å². The van der Waals surface area contributed by atoms with E-state index in [1.54, 1.807) is 0 Å². The van der Waals surface area contributed by atoms with E-state index >= 15 is 0 Å². The Bertz CT molecular complexity index is 316. The van der Waals surface area contributed by atoms with Crippen molar-refractivity contribution in [1.82, 2.24) is 4.90 Å². The summed E-state index contributed by atoms with van der Waals surface area (Å²) in [5.41, 5.74) is 1.32. The van der Waals surface area contributed by atoms with E-state index in [1.165, 1.54) is 5.57 Å². The molecule has 2 nitrogen and oxygen atoms in total. The highest BCUT2D eigenvalue weighted by atomic mass is 16.1. The molecule has 0 heterocycles. The number of hydrogen-bond acceptors (Lipinski definition) is 2. The number of Topliss-reactive ketones (excluding diaryl/α,β-unsaturated/α-hetero) is 1. The first-order valence-electron chi connectivity index (χ1n) is 5.15. The molecule has 14 heavy (non-hydrogen) atoms. The lowest BCUT2D eigenvalue weighted by molar-refractivity contribution is -0.140. The van der Waals surface area contributed by atoms with Crippen molar-refractivity contribution < 1.29 is 4.79 Å². The number of rotatable bonds is 2. The van der Waals surface area contributed by atoms with Crippen molar-refractivity contribution >= 4 is 5.78 Å². The van der Waals surface area contributed by atoms with E-state index in [0.29, 0.717) is 12.2 Å². The molecule has 2 fully saturated rings. The fourth-order valence-electron chi connectivity index (χ4n) is 2.87. The van der Waals surface area contributed by atoms with Crippen LogP contribution in [-0.2, 0) is 4.79 Å². The summed E-state index contributed by atoms with van der Waals surface area (Å²) in [5.74, 6) is 0.635. The number of carbonyl (C=O) groups is 1. The number of carbonyl (C=O) groups excluding carboxylic acids is 1. The molecule has 0 aromatic rings. The summed E-state index contributed by atoms with van der Waals surface area (Å²) in [4.78, 5) is 13.7. The lowest BCUT2D eigenvalue weighted by Crippen LogP contribution is -2.59. The quantitative estimate of drug-likeness (QED) is 0.623. The molecule has 0 N–H and O–H groups in total. The SMILES string of the molecule is C=C1C[C@H]2C(=O)C[C@@]2(N(C)/C=C\C)C1. The molecule has 2 aliphatic rings. The summed E-state index contributed by atoms with van der Waals surface area (Å²) in [6, 6.07) is 0. The van der Waals surface area contributed by atoms with Gasteiger partial charge < -0.3 is 4.90 Å². The van der Waals surface area contributed by atoms with Crippen LogP contribution in [0.1, 0.15) is 26.2 Å². The lowest BCUT2D eigenvalue weighted by Gasteiger charge is -2.49. The maximum Gasteiger partial charge on any atom is 0.141 e. The molecule has 0 bridgehead atoms. The molecule has 0 spiro atoms. The van der Waals surface area contributed by atoms with Gasteiger partial charge in [-0.3, -0.25) is 4.79 Å². The molecule has 0 saturated heterocycles. The molecule has 0 aromatic carbocycles. The standard InChI is InChI=1S/C12H17NO/c1-4-5-13(3)12-7-9(2)6-10(12)11(14)8-12/h4-5,10H,2,6-8H2,1,3H3/b5-4-/t10-,12-/m0/s1. The Labute approximate surface area is 85.3 Å². The van der Waals surface area contributed by atoms with Gasteiger partial charge in [-0.2, -0.15) is 0 Å². The summed E-state index contributed by atoms with van der Waals surface area (Å²) < 4.78 is 0. The monoisotopic (exact) mass is 191 g/mol. The van der Waals surface area contributed by atoms with E-state index < -0.39 is 0 Å². The van der Waals surface area contributed by atoms with E-state index in [0.717, 1.165) is 12.8 Å². The van der Waals surface area contributed by atoms with Crippen molar-refractivity contribution in [2.24, 2.45) is 5.92 Å². The Morgan fingerprint density at radius 2 is 2.29 bits per heavy atom. The fourth-order valence-corrected chi connectivity index (χ4v) is 2.87. The number of allylic oxidation sites excluding steroid dienone is 1. The average Bonchev–Trinajstić information content (AvgIpc) is 2.39. The lowest BCUT2D eigenvalue weighted by atomic mass is 9.67. The highest BCUT2D eigenvalue weighted by Gasteiger charge is 2.58. The number of fused-ring (bicyclic) bond motifs is 1. The van der Waals surface area contributed by atoms with Crippen molar-refractivity contribution in [2.45, 2.75) is 31.7 Å². The molecule has 2 atom stereocenters. The minimum Gasteiger partial charge on any atom is -0.374 e. The predicted octanol–water partition coefficient (Wildman–Crippen LogP) is 2.13. The van der Waals surface area contributed by atoms with Crippen molar-refractivity contribution in [1.29, 1.82) is 0 Å².